The van der Waals surface area contributed by atoms with Gasteiger partial charge in [0.05, 0.1) is 0 Å². The Morgan fingerprint density at radius 2 is 1.41 bits per heavy atom. The van der Waals surface area contributed by atoms with Crippen LogP contribution in [0.25, 0.3) is 0 Å². The van der Waals surface area contributed by atoms with Crippen LogP contribution >= 0.6 is 23.5 Å². The first-order valence-corrected chi connectivity index (χ1v) is 11.6. The van der Waals surface area contributed by atoms with Crippen LogP contribution in [-0.2, 0) is 19.2 Å². The van der Waals surface area contributed by atoms with Crippen molar-refractivity contribution >= 4 is 47.7 Å². The van der Waals surface area contributed by atoms with E-state index in [0.29, 0.717) is 37.2 Å². The van der Waals surface area contributed by atoms with E-state index in [9.17, 15) is 24.3 Å². The molecule has 3 amide bonds. The van der Waals surface area contributed by atoms with Crippen molar-refractivity contribution in [2.75, 3.05) is 24.0 Å². The van der Waals surface area contributed by atoms with Crippen molar-refractivity contribution in [1.82, 2.24) is 16.0 Å². The van der Waals surface area contributed by atoms with Crippen molar-refractivity contribution in [3.05, 3.63) is 0 Å². The van der Waals surface area contributed by atoms with Crippen LogP contribution < -0.4 is 16.0 Å². The maximum absolute atomic E-state index is 12.6. The molecular formula is C17H31N3O5S2. The number of hydrogen-bond acceptors (Lipinski definition) is 6. The number of amides is 3. The predicted molar refractivity (Wildman–Crippen MR) is 110 cm³/mol. The van der Waals surface area contributed by atoms with Gasteiger partial charge in [0.25, 0.3) is 0 Å². The summed E-state index contributed by atoms with van der Waals surface area (Å²) in [6, 6.07) is -2.60. The molecule has 0 spiro atoms. The quantitative estimate of drug-likeness (QED) is 0.287. The van der Waals surface area contributed by atoms with E-state index in [1.165, 1.54) is 11.8 Å². The first kappa shape index (κ1) is 25.6. The average molecular weight is 422 g/mol. The molecule has 0 aromatic heterocycles. The van der Waals surface area contributed by atoms with Gasteiger partial charge in [-0.05, 0) is 49.2 Å². The Kier molecular flexibility index (Phi) is 13.8. The maximum atomic E-state index is 12.6. The molecule has 3 atom stereocenters. The molecule has 0 unspecified atom stereocenters. The lowest BCUT2D eigenvalue weighted by atomic mass is 10.0. The van der Waals surface area contributed by atoms with Crippen molar-refractivity contribution in [2.45, 2.75) is 51.2 Å². The van der Waals surface area contributed by atoms with Crippen LogP contribution in [0.15, 0.2) is 0 Å². The number of nitrogens with one attached hydrogen (secondary N) is 3. The van der Waals surface area contributed by atoms with Gasteiger partial charge in [0, 0.05) is 0 Å². The summed E-state index contributed by atoms with van der Waals surface area (Å²) < 4.78 is 0. The maximum Gasteiger partial charge on any atom is 0.326 e. The fourth-order valence-corrected chi connectivity index (χ4v) is 3.29. The molecule has 0 saturated carbocycles. The molecule has 0 heterocycles. The van der Waals surface area contributed by atoms with Crippen LogP contribution in [0.3, 0.4) is 0 Å². The molecule has 0 fully saturated rings. The summed E-state index contributed by atoms with van der Waals surface area (Å²) in [4.78, 5) is 47.2. The van der Waals surface area contributed by atoms with E-state index in [0.717, 1.165) is 0 Å². The van der Waals surface area contributed by atoms with Gasteiger partial charge in [-0.2, -0.15) is 23.5 Å². The topological polar surface area (TPSA) is 125 Å². The fraction of sp³-hybridized carbons (Fsp3) is 0.765. The summed E-state index contributed by atoms with van der Waals surface area (Å²) in [7, 11) is 0. The van der Waals surface area contributed by atoms with Gasteiger partial charge in [-0.25, -0.2) is 4.79 Å². The molecular weight excluding hydrogens is 390 g/mol. The molecule has 27 heavy (non-hydrogen) atoms. The van der Waals surface area contributed by atoms with E-state index in [1.807, 2.05) is 26.4 Å². The SMILES string of the molecule is CSCC[C@H](NC(=O)[C@H](CC(C)C)NC(=O)[C@H](CCSC)NC=O)C(=O)O. The number of carboxylic acids is 1. The van der Waals surface area contributed by atoms with Crippen molar-refractivity contribution in [3.8, 4) is 0 Å². The van der Waals surface area contributed by atoms with E-state index in [-0.39, 0.29) is 5.92 Å². The van der Waals surface area contributed by atoms with Crippen LogP contribution in [0.4, 0.5) is 0 Å². The standard InChI is InChI=1S/C17H31N3O5S2/c1-11(2)9-14(16(23)19-13(17(24)25)6-8-27-4)20-15(22)12(18-10-21)5-7-26-3/h10-14H,5-9H2,1-4H3,(H,18,21)(H,19,23)(H,20,22)(H,24,25)/t12-,13-,14-/m0/s1. The Morgan fingerprint density at radius 3 is 1.85 bits per heavy atom. The van der Waals surface area contributed by atoms with Crippen molar-refractivity contribution in [3.63, 3.8) is 0 Å². The number of carboxylic acid groups (broad SMARTS) is 1. The molecule has 0 bridgehead atoms. The number of hydrogen-bond donors (Lipinski definition) is 4. The minimum absolute atomic E-state index is 0.110. The molecule has 156 valence electrons. The number of carbonyl (C=O) groups is 4. The van der Waals surface area contributed by atoms with Crippen LogP contribution in [-0.4, -0.2) is 71.4 Å². The monoisotopic (exact) mass is 421 g/mol. The van der Waals surface area contributed by atoms with Gasteiger partial charge in [-0.1, -0.05) is 13.8 Å². The third kappa shape index (κ3) is 11.1. The van der Waals surface area contributed by atoms with Gasteiger partial charge in [-0.15, -0.1) is 0 Å². The molecule has 10 heteroatoms. The number of rotatable bonds is 15. The molecule has 0 saturated heterocycles. The van der Waals surface area contributed by atoms with E-state index in [2.05, 4.69) is 16.0 Å². The fourth-order valence-electron chi connectivity index (χ4n) is 2.35. The Morgan fingerprint density at radius 1 is 0.926 bits per heavy atom. The molecule has 0 aliphatic rings. The highest BCUT2D eigenvalue weighted by molar-refractivity contribution is 7.98. The lowest BCUT2D eigenvalue weighted by Crippen LogP contribution is -2.55. The van der Waals surface area contributed by atoms with Crippen LogP contribution in [0.5, 0.6) is 0 Å². The summed E-state index contributed by atoms with van der Waals surface area (Å²) in [6.07, 6.45) is 5.32. The number of carbonyl (C=O) groups excluding carboxylic acids is 3. The predicted octanol–water partition coefficient (Wildman–Crippen LogP) is 0.708. The molecule has 0 aliphatic heterocycles. The Balaban J connectivity index is 5.11. The first-order valence-electron chi connectivity index (χ1n) is 8.77. The molecule has 0 aromatic rings. The minimum Gasteiger partial charge on any atom is -0.480 e. The Bertz CT molecular complexity index is 491. The highest BCUT2D eigenvalue weighted by Crippen LogP contribution is 2.09. The highest BCUT2D eigenvalue weighted by atomic mass is 32.2. The van der Waals surface area contributed by atoms with Crippen molar-refractivity contribution in [2.24, 2.45) is 5.92 Å². The van der Waals surface area contributed by atoms with E-state index in [4.69, 9.17) is 0 Å². The Hall–Kier alpha value is -1.42. The van der Waals surface area contributed by atoms with E-state index in [1.54, 1.807) is 11.8 Å². The average Bonchev–Trinajstić information content (AvgIpc) is 2.60. The molecule has 0 radical (unpaired) electrons. The second kappa shape index (κ2) is 14.6. The zero-order valence-corrected chi connectivity index (χ0v) is 18.0. The zero-order chi connectivity index (χ0) is 20.8. The molecule has 8 nitrogen and oxygen atoms in total. The van der Waals surface area contributed by atoms with Gasteiger partial charge in [0.15, 0.2) is 0 Å². The lowest BCUT2D eigenvalue weighted by Gasteiger charge is -2.25. The largest absolute Gasteiger partial charge is 0.480 e. The minimum atomic E-state index is -1.10. The van der Waals surface area contributed by atoms with Gasteiger partial charge >= 0.3 is 5.97 Å². The Labute approximate surface area is 169 Å². The van der Waals surface area contributed by atoms with Crippen molar-refractivity contribution < 1.29 is 24.3 Å². The second-order valence-corrected chi connectivity index (χ2v) is 8.46. The first-order chi connectivity index (χ1) is 12.8. The molecule has 0 aliphatic carbocycles. The van der Waals surface area contributed by atoms with Crippen LogP contribution in [0.2, 0.25) is 0 Å². The van der Waals surface area contributed by atoms with E-state index >= 15 is 0 Å². The molecule has 0 aromatic carbocycles. The summed E-state index contributed by atoms with van der Waals surface area (Å²) in [5, 5.41) is 16.9. The highest BCUT2D eigenvalue weighted by Gasteiger charge is 2.29. The second-order valence-electron chi connectivity index (χ2n) is 6.49. The summed E-state index contributed by atoms with van der Waals surface area (Å²) >= 11 is 3.04. The van der Waals surface area contributed by atoms with Gasteiger partial charge in [0.2, 0.25) is 18.2 Å². The number of thioether (sulfide) groups is 2. The summed E-state index contributed by atoms with van der Waals surface area (Å²) in [5.41, 5.74) is 0. The molecule has 4 N–H and O–H groups in total. The van der Waals surface area contributed by atoms with Gasteiger partial charge in [-0.3, -0.25) is 14.4 Å². The van der Waals surface area contributed by atoms with Gasteiger partial charge in [0.1, 0.15) is 18.1 Å². The third-order valence-electron chi connectivity index (χ3n) is 3.76. The normalized spacial score (nSPS) is 14.1. The summed E-state index contributed by atoms with van der Waals surface area (Å²) in [5.74, 6) is -0.700. The summed E-state index contributed by atoms with van der Waals surface area (Å²) in [6.45, 7) is 3.81. The van der Waals surface area contributed by atoms with Crippen LogP contribution in [0, 0.1) is 5.92 Å². The lowest BCUT2D eigenvalue weighted by molar-refractivity contribution is -0.142. The molecule has 0 rings (SSSR count). The third-order valence-corrected chi connectivity index (χ3v) is 5.05. The van der Waals surface area contributed by atoms with Crippen molar-refractivity contribution in [1.29, 1.82) is 0 Å². The number of aliphatic carboxylic acids is 1. The van der Waals surface area contributed by atoms with Gasteiger partial charge < -0.3 is 21.1 Å². The van der Waals surface area contributed by atoms with Crippen LogP contribution in [0.1, 0.15) is 33.1 Å². The zero-order valence-electron chi connectivity index (χ0n) is 16.3. The van der Waals surface area contributed by atoms with E-state index < -0.39 is 35.9 Å². The smallest absolute Gasteiger partial charge is 0.326 e.